The highest BCUT2D eigenvalue weighted by Gasteiger charge is 2.47. The quantitative estimate of drug-likeness (QED) is 0.354. The summed E-state index contributed by atoms with van der Waals surface area (Å²) in [4.78, 5) is 38.9. The van der Waals surface area contributed by atoms with E-state index in [0.717, 1.165) is 0 Å². The molecule has 1 aliphatic heterocycles. The van der Waals surface area contributed by atoms with Gasteiger partial charge in [0.25, 0.3) is 0 Å². The van der Waals surface area contributed by atoms with Gasteiger partial charge in [-0.2, -0.15) is 0 Å². The van der Waals surface area contributed by atoms with E-state index in [2.05, 4.69) is 0 Å². The van der Waals surface area contributed by atoms with Crippen molar-refractivity contribution >= 4 is 23.5 Å². The number of anilines is 1. The maximum atomic E-state index is 12.6. The van der Waals surface area contributed by atoms with Gasteiger partial charge in [0.1, 0.15) is 17.1 Å². The van der Waals surface area contributed by atoms with Crippen molar-refractivity contribution in [3.63, 3.8) is 0 Å². The maximum Gasteiger partial charge on any atom is 0.347 e. The van der Waals surface area contributed by atoms with Crippen LogP contribution < -0.4 is 14.4 Å². The fourth-order valence-electron chi connectivity index (χ4n) is 3.69. The Balaban J connectivity index is 1.51. The van der Waals surface area contributed by atoms with E-state index in [9.17, 15) is 14.4 Å². The molecule has 0 saturated carbocycles. The largest absolute Gasteiger partial charge is 0.496 e. The number of ether oxygens (including phenoxy) is 2. The third kappa shape index (κ3) is 3.07. The molecule has 2 aromatic rings. The first-order valence-electron chi connectivity index (χ1n) is 9.08. The summed E-state index contributed by atoms with van der Waals surface area (Å²) in [6.45, 7) is 0. The first-order chi connectivity index (χ1) is 13.6. The van der Waals surface area contributed by atoms with Gasteiger partial charge in [-0.3, -0.25) is 14.5 Å². The van der Waals surface area contributed by atoms with Crippen molar-refractivity contribution in [2.24, 2.45) is 11.8 Å². The van der Waals surface area contributed by atoms with Gasteiger partial charge in [-0.05, 0) is 49.2 Å². The van der Waals surface area contributed by atoms with E-state index < -0.39 is 5.97 Å². The van der Waals surface area contributed by atoms with Crippen LogP contribution in [0.4, 0.5) is 5.69 Å². The maximum absolute atomic E-state index is 12.6. The molecule has 0 aromatic heterocycles. The molecule has 4 rings (SSSR count). The van der Waals surface area contributed by atoms with Gasteiger partial charge in [-0.1, -0.05) is 24.3 Å². The number of hydrogen-bond acceptors (Lipinski definition) is 5. The molecule has 28 heavy (non-hydrogen) atoms. The fourth-order valence-corrected chi connectivity index (χ4v) is 3.69. The minimum Gasteiger partial charge on any atom is -0.496 e. The van der Waals surface area contributed by atoms with E-state index in [4.69, 9.17) is 9.47 Å². The van der Waals surface area contributed by atoms with Crippen LogP contribution in [0.15, 0.2) is 60.7 Å². The molecular formula is C22H19NO5. The number of hydrogen-bond donors (Lipinski definition) is 0. The van der Waals surface area contributed by atoms with Gasteiger partial charge in [-0.25, -0.2) is 4.79 Å². The summed E-state index contributed by atoms with van der Waals surface area (Å²) >= 11 is 0. The van der Waals surface area contributed by atoms with E-state index >= 15 is 0 Å². The highest BCUT2D eigenvalue weighted by molar-refractivity contribution is 6.22. The highest BCUT2D eigenvalue weighted by atomic mass is 16.5. The van der Waals surface area contributed by atoms with Crippen LogP contribution in [0, 0.1) is 11.8 Å². The lowest BCUT2D eigenvalue weighted by molar-refractivity contribution is -0.122. The monoisotopic (exact) mass is 377 g/mol. The topological polar surface area (TPSA) is 72.9 Å². The number of esters is 1. The number of carbonyl (C=O) groups excluding carboxylic acids is 3. The smallest absolute Gasteiger partial charge is 0.347 e. The van der Waals surface area contributed by atoms with Crippen molar-refractivity contribution in [3.8, 4) is 11.5 Å². The predicted octanol–water partition coefficient (Wildman–Crippen LogP) is 3.37. The Morgan fingerprint density at radius 2 is 1.54 bits per heavy atom. The molecule has 0 N–H and O–H groups in total. The lowest BCUT2D eigenvalue weighted by Gasteiger charge is -2.15. The molecular weight excluding hydrogens is 358 g/mol. The van der Waals surface area contributed by atoms with Crippen LogP contribution in [-0.4, -0.2) is 24.9 Å². The van der Waals surface area contributed by atoms with Gasteiger partial charge in [0, 0.05) is 0 Å². The number of fused-ring (bicyclic) bond motifs is 1. The molecule has 1 saturated heterocycles. The molecule has 2 aromatic carbocycles. The average Bonchev–Trinajstić information content (AvgIpc) is 2.99. The molecule has 0 radical (unpaired) electrons. The number of nitrogens with zero attached hydrogens (tertiary/aromatic N) is 1. The molecule has 0 unspecified atom stereocenters. The SMILES string of the molecule is COc1ccccc1C(=O)Oc1ccc(N2C(=O)[C@H]3CC=CC[C@@H]3C2=O)cc1. The van der Waals surface area contributed by atoms with Crippen molar-refractivity contribution in [3.05, 3.63) is 66.2 Å². The number of para-hydroxylation sites is 1. The summed E-state index contributed by atoms with van der Waals surface area (Å²) in [6.07, 6.45) is 5.10. The molecule has 1 heterocycles. The molecule has 1 aliphatic carbocycles. The average molecular weight is 377 g/mol. The minimum absolute atomic E-state index is 0.168. The summed E-state index contributed by atoms with van der Waals surface area (Å²) in [5, 5.41) is 0. The zero-order valence-corrected chi connectivity index (χ0v) is 15.3. The summed E-state index contributed by atoms with van der Waals surface area (Å²) in [7, 11) is 1.48. The zero-order valence-electron chi connectivity index (χ0n) is 15.3. The van der Waals surface area contributed by atoms with E-state index in [1.807, 2.05) is 12.2 Å². The summed E-state index contributed by atoms with van der Waals surface area (Å²) in [6, 6.07) is 13.2. The van der Waals surface area contributed by atoms with Crippen molar-refractivity contribution in [1.29, 1.82) is 0 Å². The first kappa shape index (κ1) is 18.0. The molecule has 142 valence electrons. The first-order valence-corrected chi connectivity index (χ1v) is 9.08. The summed E-state index contributed by atoms with van der Waals surface area (Å²) in [5.41, 5.74) is 0.803. The molecule has 6 nitrogen and oxygen atoms in total. The molecule has 0 spiro atoms. The van der Waals surface area contributed by atoms with Crippen LogP contribution >= 0.6 is 0 Å². The van der Waals surface area contributed by atoms with Crippen molar-refractivity contribution < 1.29 is 23.9 Å². The second-order valence-electron chi connectivity index (χ2n) is 6.75. The lowest BCUT2D eigenvalue weighted by Crippen LogP contribution is -2.30. The Kier molecular flexibility index (Phi) is 4.69. The highest BCUT2D eigenvalue weighted by Crippen LogP contribution is 2.38. The van der Waals surface area contributed by atoms with Gasteiger partial charge < -0.3 is 9.47 Å². The molecule has 2 amide bonds. The van der Waals surface area contributed by atoms with Crippen LogP contribution in [0.2, 0.25) is 0 Å². The van der Waals surface area contributed by atoms with Gasteiger partial charge in [-0.15, -0.1) is 0 Å². The van der Waals surface area contributed by atoms with Crippen LogP contribution in [0.1, 0.15) is 23.2 Å². The number of methoxy groups -OCH3 is 1. The van der Waals surface area contributed by atoms with Crippen LogP contribution in [0.5, 0.6) is 11.5 Å². The summed E-state index contributed by atoms with van der Waals surface area (Å²) < 4.78 is 10.6. The Morgan fingerprint density at radius 3 is 2.14 bits per heavy atom. The number of allylic oxidation sites excluding steroid dienone is 2. The van der Waals surface area contributed by atoms with Crippen molar-refractivity contribution in [2.75, 3.05) is 12.0 Å². The van der Waals surface area contributed by atoms with Crippen LogP contribution in [-0.2, 0) is 9.59 Å². The molecule has 2 atom stereocenters. The normalized spacial score (nSPS) is 20.8. The molecule has 2 aliphatic rings. The Bertz CT molecular complexity index is 937. The Morgan fingerprint density at radius 1 is 0.929 bits per heavy atom. The predicted molar refractivity (Wildman–Crippen MR) is 102 cm³/mol. The van der Waals surface area contributed by atoms with Crippen LogP contribution in [0.3, 0.4) is 0 Å². The second kappa shape index (κ2) is 7.31. The van der Waals surface area contributed by atoms with Crippen molar-refractivity contribution in [2.45, 2.75) is 12.8 Å². The third-order valence-electron chi connectivity index (χ3n) is 5.14. The van der Waals surface area contributed by atoms with E-state index in [-0.39, 0.29) is 23.7 Å². The second-order valence-corrected chi connectivity index (χ2v) is 6.75. The third-order valence-corrected chi connectivity index (χ3v) is 5.14. The number of amides is 2. The summed E-state index contributed by atoms with van der Waals surface area (Å²) in [5.74, 6) is -0.695. The molecule has 1 fully saturated rings. The number of benzene rings is 2. The van der Waals surface area contributed by atoms with Gasteiger partial charge in [0.05, 0.1) is 24.6 Å². The number of carbonyl (C=O) groups is 3. The van der Waals surface area contributed by atoms with Gasteiger partial charge >= 0.3 is 5.97 Å². The molecule has 0 bridgehead atoms. The van der Waals surface area contributed by atoms with E-state index in [1.54, 1.807) is 48.5 Å². The minimum atomic E-state index is -0.546. The number of rotatable bonds is 4. The fraction of sp³-hybridized carbons (Fsp3) is 0.227. The Labute approximate surface area is 162 Å². The standard InChI is InChI=1S/C22H19NO5/c1-27-19-9-5-4-8-18(19)22(26)28-15-12-10-14(11-13-15)23-20(24)16-6-2-3-7-17(16)21(23)25/h2-5,8-13,16-17H,6-7H2,1H3/t16-,17-/m0/s1. The van der Waals surface area contributed by atoms with Crippen molar-refractivity contribution in [1.82, 2.24) is 0 Å². The van der Waals surface area contributed by atoms with E-state index in [1.165, 1.54) is 12.0 Å². The zero-order chi connectivity index (χ0) is 19.7. The number of imide groups is 1. The lowest BCUT2D eigenvalue weighted by atomic mass is 9.85. The molecule has 6 heteroatoms. The van der Waals surface area contributed by atoms with Gasteiger partial charge in [0.2, 0.25) is 11.8 Å². The van der Waals surface area contributed by atoms with E-state index in [0.29, 0.717) is 35.6 Å². The van der Waals surface area contributed by atoms with Crippen LogP contribution in [0.25, 0.3) is 0 Å². The van der Waals surface area contributed by atoms with Gasteiger partial charge in [0.15, 0.2) is 0 Å². The Hall–Kier alpha value is -3.41.